The van der Waals surface area contributed by atoms with Crippen LogP contribution in [0, 0.1) is 6.92 Å². The van der Waals surface area contributed by atoms with Crippen molar-refractivity contribution in [3.8, 4) is 11.4 Å². The van der Waals surface area contributed by atoms with Crippen molar-refractivity contribution in [2.24, 2.45) is 5.73 Å². The van der Waals surface area contributed by atoms with Crippen molar-refractivity contribution in [3.63, 3.8) is 0 Å². The molecule has 0 bridgehead atoms. The Morgan fingerprint density at radius 1 is 1.36 bits per heavy atom. The van der Waals surface area contributed by atoms with E-state index in [9.17, 15) is 4.79 Å². The van der Waals surface area contributed by atoms with E-state index in [2.05, 4.69) is 42.3 Å². The van der Waals surface area contributed by atoms with Crippen LogP contribution in [0.4, 0.5) is 0 Å². The lowest BCUT2D eigenvalue weighted by atomic mass is 10.1. The predicted molar refractivity (Wildman–Crippen MR) is 102 cm³/mol. The Hall–Kier alpha value is -2.25. The topological polar surface area (TPSA) is 96.7 Å². The van der Waals surface area contributed by atoms with Crippen LogP contribution in [0.3, 0.4) is 0 Å². The fourth-order valence-electron chi connectivity index (χ4n) is 2.55. The SMILES string of the molecule is Cc1c(-c2cncc(C(=O)NCC(C)(C)N)n2)[nH]c2ccc(Br)cc12. The molecule has 7 heteroatoms. The molecule has 0 atom stereocenters. The van der Waals surface area contributed by atoms with Crippen LogP contribution in [0.1, 0.15) is 29.9 Å². The molecule has 1 amide bonds. The van der Waals surface area contributed by atoms with Gasteiger partial charge in [0.05, 0.1) is 18.1 Å². The maximum Gasteiger partial charge on any atom is 0.271 e. The second-order valence-corrected chi connectivity index (χ2v) is 7.69. The molecule has 0 saturated carbocycles. The molecule has 0 aliphatic heterocycles. The molecular formula is C18H20BrN5O. The molecule has 0 unspecified atom stereocenters. The largest absolute Gasteiger partial charge is 0.353 e. The van der Waals surface area contributed by atoms with Gasteiger partial charge in [0.1, 0.15) is 11.4 Å². The number of carbonyl (C=O) groups is 1. The summed E-state index contributed by atoms with van der Waals surface area (Å²) >= 11 is 3.49. The number of hydrogen-bond acceptors (Lipinski definition) is 4. The number of halogens is 1. The number of hydrogen-bond donors (Lipinski definition) is 3. The lowest BCUT2D eigenvalue weighted by molar-refractivity contribution is 0.0940. The highest BCUT2D eigenvalue weighted by molar-refractivity contribution is 9.10. The highest BCUT2D eigenvalue weighted by atomic mass is 79.9. The molecule has 4 N–H and O–H groups in total. The first-order chi connectivity index (χ1) is 11.7. The summed E-state index contributed by atoms with van der Waals surface area (Å²) in [5.74, 6) is -0.288. The number of aromatic amines is 1. The first kappa shape index (κ1) is 17.6. The number of aromatic nitrogens is 3. The number of nitrogens with one attached hydrogen (secondary N) is 2. The Balaban J connectivity index is 1.94. The van der Waals surface area contributed by atoms with Crippen LogP contribution in [0.2, 0.25) is 0 Å². The number of nitrogens with two attached hydrogens (primary N) is 1. The van der Waals surface area contributed by atoms with Gasteiger partial charge in [-0.25, -0.2) is 4.98 Å². The summed E-state index contributed by atoms with van der Waals surface area (Å²) in [5, 5.41) is 3.89. The number of rotatable bonds is 4. The molecule has 6 nitrogen and oxygen atoms in total. The number of benzene rings is 1. The molecule has 130 valence electrons. The van der Waals surface area contributed by atoms with E-state index in [4.69, 9.17) is 5.73 Å². The van der Waals surface area contributed by atoms with Crippen LogP contribution in [0.15, 0.2) is 35.1 Å². The Kier molecular flexibility index (Phi) is 4.62. The fourth-order valence-corrected chi connectivity index (χ4v) is 2.91. The van der Waals surface area contributed by atoms with Gasteiger partial charge in [0.2, 0.25) is 0 Å². The van der Waals surface area contributed by atoms with E-state index in [-0.39, 0.29) is 11.6 Å². The number of carbonyl (C=O) groups excluding carboxylic acids is 1. The van der Waals surface area contributed by atoms with Crippen molar-refractivity contribution in [1.29, 1.82) is 0 Å². The summed E-state index contributed by atoms with van der Waals surface area (Å²) in [4.78, 5) is 24.3. The van der Waals surface area contributed by atoms with Gasteiger partial charge in [-0.2, -0.15) is 0 Å². The predicted octanol–water partition coefficient (Wildman–Crippen LogP) is 3.16. The van der Waals surface area contributed by atoms with Gasteiger partial charge in [0, 0.05) is 27.5 Å². The van der Waals surface area contributed by atoms with Gasteiger partial charge in [0.25, 0.3) is 5.91 Å². The Morgan fingerprint density at radius 3 is 2.84 bits per heavy atom. The molecule has 3 aromatic rings. The maximum atomic E-state index is 12.3. The van der Waals surface area contributed by atoms with E-state index in [0.717, 1.165) is 26.6 Å². The average Bonchev–Trinajstić information content (AvgIpc) is 2.89. The second-order valence-electron chi connectivity index (χ2n) is 6.78. The van der Waals surface area contributed by atoms with Gasteiger partial charge in [-0.3, -0.25) is 9.78 Å². The minimum atomic E-state index is -0.484. The van der Waals surface area contributed by atoms with Crippen molar-refractivity contribution in [1.82, 2.24) is 20.3 Å². The molecule has 2 aromatic heterocycles. The molecule has 3 rings (SSSR count). The van der Waals surface area contributed by atoms with Crippen LogP contribution in [-0.4, -0.2) is 32.9 Å². The molecule has 0 spiro atoms. The normalized spacial score (nSPS) is 11.7. The smallest absolute Gasteiger partial charge is 0.271 e. The summed E-state index contributed by atoms with van der Waals surface area (Å²) in [6, 6.07) is 6.04. The van der Waals surface area contributed by atoms with Crippen LogP contribution in [0.5, 0.6) is 0 Å². The molecule has 1 aromatic carbocycles. The fraction of sp³-hybridized carbons (Fsp3) is 0.278. The lowest BCUT2D eigenvalue weighted by Crippen LogP contribution is -2.45. The molecule has 0 aliphatic carbocycles. The Morgan fingerprint density at radius 2 is 2.12 bits per heavy atom. The van der Waals surface area contributed by atoms with E-state index in [1.165, 1.54) is 6.20 Å². The van der Waals surface area contributed by atoms with Gasteiger partial charge in [-0.05, 0) is 44.5 Å². The van der Waals surface area contributed by atoms with E-state index in [0.29, 0.717) is 12.2 Å². The van der Waals surface area contributed by atoms with Gasteiger partial charge >= 0.3 is 0 Å². The third-order valence-electron chi connectivity index (χ3n) is 3.85. The zero-order chi connectivity index (χ0) is 18.2. The zero-order valence-corrected chi connectivity index (χ0v) is 15.9. The van der Waals surface area contributed by atoms with Crippen molar-refractivity contribution in [2.45, 2.75) is 26.3 Å². The van der Waals surface area contributed by atoms with Crippen molar-refractivity contribution < 1.29 is 4.79 Å². The van der Waals surface area contributed by atoms with Crippen LogP contribution < -0.4 is 11.1 Å². The van der Waals surface area contributed by atoms with E-state index in [1.807, 2.05) is 32.9 Å². The summed E-state index contributed by atoms with van der Waals surface area (Å²) < 4.78 is 1.01. The van der Waals surface area contributed by atoms with Crippen LogP contribution in [-0.2, 0) is 0 Å². The summed E-state index contributed by atoms with van der Waals surface area (Å²) in [6.45, 7) is 6.08. The lowest BCUT2D eigenvalue weighted by Gasteiger charge is -2.18. The van der Waals surface area contributed by atoms with Crippen molar-refractivity contribution >= 4 is 32.7 Å². The summed E-state index contributed by atoms with van der Waals surface area (Å²) in [6.07, 6.45) is 3.10. The Bertz CT molecular complexity index is 942. The molecule has 0 radical (unpaired) electrons. The quantitative estimate of drug-likeness (QED) is 0.625. The van der Waals surface area contributed by atoms with Gasteiger partial charge in [-0.15, -0.1) is 0 Å². The third-order valence-corrected chi connectivity index (χ3v) is 4.34. The Labute approximate surface area is 154 Å². The van der Waals surface area contributed by atoms with Crippen LogP contribution >= 0.6 is 15.9 Å². The third kappa shape index (κ3) is 3.88. The van der Waals surface area contributed by atoms with E-state index < -0.39 is 5.54 Å². The molecule has 2 heterocycles. The highest BCUT2D eigenvalue weighted by Gasteiger charge is 2.17. The average molecular weight is 402 g/mol. The standard InChI is InChI=1S/C18H20BrN5O/c1-10-12-6-11(19)4-5-13(12)24-16(10)14-7-21-8-15(23-14)17(25)22-9-18(2,3)20/h4-8,24H,9,20H2,1-3H3,(H,22,25). The summed E-state index contributed by atoms with van der Waals surface area (Å²) in [7, 11) is 0. The van der Waals surface area contributed by atoms with Gasteiger partial charge in [-0.1, -0.05) is 15.9 Å². The number of amides is 1. The van der Waals surface area contributed by atoms with Crippen molar-refractivity contribution in [3.05, 3.63) is 46.3 Å². The first-order valence-electron chi connectivity index (χ1n) is 7.92. The van der Waals surface area contributed by atoms with Crippen LogP contribution in [0.25, 0.3) is 22.3 Å². The van der Waals surface area contributed by atoms with E-state index >= 15 is 0 Å². The minimum Gasteiger partial charge on any atom is -0.353 e. The maximum absolute atomic E-state index is 12.3. The van der Waals surface area contributed by atoms with Crippen molar-refractivity contribution in [2.75, 3.05) is 6.54 Å². The minimum absolute atomic E-state index is 0.265. The monoisotopic (exact) mass is 401 g/mol. The first-order valence-corrected chi connectivity index (χ1v) is 8.71. The second kappa shape index (κ2) is 6.57. The molecular weight excluding hydrogens is 382 g/mol. The number of H-pyrrole nitrogens is 1. The van der Waals surface area contributed by atoms with E-state index in [1.54, 1.807) is 6.20 Å². The summed E-state index contributed by atoms with van der Waals surface area (Å²) in [5.41, 5.74) is 9.24. The molecule has 0 fully saturated rings. The molecule has 0 aliphatic rings. The van der Waals surface area contributed by atoms with Gasteiger partial charge in [0.15, 0.2) is 0 Å². The molecule has 25 heavy (non-hydrogen) atoms. The highest BCUT2D eigenvalue weighted by Crippen LogP contribution is 2.30. The van der Waals surface area contributed by atoms with Gasteiger partial charge < -0.3 is 16.0 Å². The number of nitrogens with zero attached hydrogens (tertiary/aromatic N) is 2. The zero-order valence-electron chi connectivity index (χ0n) is 14.4. The number of aryl methyl sites for hydroxylation is 1. The molecule has 0 saturated heterocycles. The number of fused-ring (bicyclic) bond motifs is 1.